The first-order valence-electron chi connectivity index (χ1n) is 7.17. The van der Waals surface area contributed by atoms with Gasteiger partial charge in [0, 0.05) is 19.2 Å². The number of nitriles is 1. The van der Waals surface area contributed by atoms with Gasteiger partial charge in [-0.05, 0) is 31.4 Å². The molecule has 1 aromatic carbocycles. The first-order valence-corrected chi connectivity index (χ1v) is 7.17. The zero-order chi connectivity index (χ0) is 15.9. The number of anilines is 2. The molecule has 0 aromatic heterocycles. The van der Waals surface area contributed by atoms with Crippen LogP contribution in [-0.4, -0.2) is 31.7 Å². The van der Waals surface area contributed by atoms with E-state index in [4.69, 9.17) is 21.1 Å². The molecular formula is C15H20N6O. The summed E-state index contributed by atoms with van der Waals surface area (Å²) >= 11 is 0. The summed E-state index contributed by atoms with van der Waals surface area (Å²) in [5.74, 6) is 0.385. The van der Waals surface area contributed by atoms with Crippen molar-refractivity contribution >= 4 is 22.9 Å². The van der Waals surface area contributed by atoms with E-state index in [1.165, 1.54) is 19.3 Å². The number of ether oxygens (including phenoxy) is 1. The van der Waals surface area contributed by atoms with Crippen molar-refractivity contribution in [3.8, 4) is 11.8 Å². The van der Waals surface area contributed by atoms with Gasteiger partial charge >= 0.3 is 0 Å². The fraction of sp³-hybridized carbons (Fsp3) is 0.400. The van der Waals surface area contributed by atoms with Crippen molar-refractivity contribution in [3.63, 3.8) is 0 Å². The Bertz CT molecular complexity index is 613. The molecule has 1 aliphatic heterocycles. The lowest BCUT2D eigenvalue weighted by atomic mass is 10.1. The van der Waals surface area contributed by atoms with Gasteiger partial charge in [-0.15, -0.1) is 0 Å². The zero-order valence-electron chi connectivity index (χ0n) is 12.6. The molecule has 0 aliphatic carbocycles. The molecule has 0 bridgehead atoms. The lowest BCUT2D eigenvalue weighted by molar-refractivity contribution is 0.413. The summed E-state index contributed by atoms with van der Waals surface area (Å²) in [6, 6.07) is 7.42. The Morgan fingerprint density at radius 2 is 2.14 bits per heavy atom. The fourth-order valence-electron chi connectivity index (χ4n) is 2.41. The lowest BCUT2D eigenvalue weighted by Gasteiger charge is -2.30. The average molecular weight is 300 g/mol. The summed E-state index contributed by atoms with van der Waals surface area (Å²) in [5.41, 5.74) is 9.55. The van der Waals surface area contributed by atoms with Crippen molar-refractivity contribution < 1.29 is 4.74 Å². The highest BCUT2D eigenvalue weighted by Gasteiger charge is 2.15. The minimum atomic E-state index is -0.369. The van der Waals surface area contributed by atoms with Crippen LogP contribution >= 0.6 is 0 Å². The highest BCUT2D eigenvalue weighted by molar-refractivity contribution is 6.45. The molecule has 2 rings (SSSR count). The Kier molecular flexibility index (Phi) is 5.20. The molecule has 0 unspecified atom stereocenters. The second-order valence-corrected chi connectivity index (χ2v) is 5.03. The summed E-state index contributed by atoms with van der Waals surface area (Å²) in [6.45, 7) is 2.06. The van der Waals surface area contributed by atoms with Crippen molar-refractivity contribution in [1.82, 2.24) is 0 Å². The van der Waals surface area contributed by atoms with Gasteiger partial charge in [0.05, 0.1) is 18.5 Å². The molecular weight excluding hydrogens is 280 g/mol. The van der Waals surface area contributed by atoms with E-state index in [0.29, 0.717) is 5.69 Å². The van der Waals surface area contributed by atoms with Crippen LogP contribution in [0.25, 0.3) is 0 Å². The van der Waals surface area contributed by atoms with Crippen LogP contribution in [0.1, 0.15) is 19.3 Å². The summed E-state index contributed by atoms with van der Waals surface area (Å²) in [6.07, 6.45) is 3.66. The number of methoxy groups -OCH3 is 1. The maximum Gasteiger partial charge on any atom is 0.201 e. The van der Waals surface area contributed by atoms with Crippen LogP contribution in [-0.2, 0) is 0 Å². The van der Waals surface area contributed by atoms with Gasteiger partial charge in [0.1, 0.15) is 11.8 Å². The number of hydrogen-bond acceptors (Lipinski definition) is 6. The number of hydrazone groups is 1. The van der Waals surface area contributed by atoms with Crippen molar-refractivity contribution in [2.45, 2.75) is 19.3 Å². The Morgan fingerprint density at radius 3 is 2.73 bits per heavy atom. The van der Waals surface area contributed by atoms with E-state index in [9.17, 15) is 0 Å². The minimum absolute atomic E-state index is 0.154. The van der Waals surface area contributed by atoms with Gasteiger partial charge < -0.3 is 15.4 Å². The molecule has 1 fully saturated rings. The number of amidine groups is 1. The summed E-state index contributed by atoms with van der Waals surface area (Å²) in [7, 11) is 1.63. The molecule has 1 aliphatic rings. The number of nitrogens with one attached hydrogen (secondary N) is 2. The number of rotatable bonds is 5. The largest absolute Gasteiger partial charge is 0.495 e. The first kappa shape index (κ1) is 15.6. The van der Waals surface area contributed by atoms with Crippen LogP contribution < -0.4 is 20.8 Å². The van der Waals surface area contributed by atoms with Gasteiger partial charge in [0.2, 0.25) is 5.71 Å². The molecule has 4 N–H and O–H groups in total. The first-order chi connectivity index (χ1) is 10.7. The van der Waals surface area contributed by atoms with E-state index in [1.807, 2.05) is 18.2 Å². The number of hydrogen-bond donors (Lipinski definition) is 3. The van der Waals surface area contributed by atoms with Gasteiger partial charge in [-0.1, -0.05) is 0 Å². The van der Waals surface area contributed by atoms with Gasteiger partial charge in [-0.2, -0.15) is 10.4 Å². The molecule has 1 saturated heterocycles. The Labute approximate surface area is 129 Å². The fourth-order valence-corrected chi connectivity index (χ4v) is 2.41. The van der Waals surface area contributed by atoms with Gasteiger partial charge in [-0.3, -0.25) is 10.8 Å². The summed E-state index contributed by atoms with van der Waals surface area (Å²) in [5, 5.41) is 19.8. The van der Waals surface area contributed by atoms with Crippen molar-refractivity contribution in [2.75, 3.05) is 30.5 Å². The van der Waals surface area contributed by atoms with Crippen LogP contribution in [0.15, 0.2) is 23.3 Å². The molecule has 1 heterocycles. The molecule has 0 atom stereocenters. The lowest BCUT2D eigenvalue weighted by Crippen LogP contribution is -2.29. The van der Waals surface area contributed by atoms with Crippen LogP contribution in [0.4, 0.5) is 11.4 Å². The Hall–Kier alpha value is -2.75. The number of benzene rings is 1. The molecule has 1 aromatic rings. The van der Waals surface area contributed by atoms with Gasteiger partial charge in [0.25, 0.3) is 0 Å². The second-order valence-electron chi connectivity index (χ2n) is 5.03. The van der Waals surface area contributed by atoms with Crippen LogP contribution in [0.5, 0.6) is 5.75 Å². The molecule has 0 spiro atoms. The maximum atomic E-state index is 8.82. The second kappa shape index (κ2) is 7.31. The number of piperidine rings is 1. The molecule has 7 heteroatoms. The third-order valence-electron chi connectivity index (χ3n) is 3.53. The van der Waals surface area contributed by atoms with E-state index in [2.05, 4.69) is 15.4 Å². The highest BCUT2D eigenvalue weighted by atomic mass is 16.5. The predicted molar refractivity (Wildman–Crippen MR) is 87.6 cm³/mol. The molecule has 7 nitrogen and oxygen atoms in total. The van der Waals surface area contributed by atoms with E-state index in [-0.39, 0.29) is 11.5 Å². The molecule has 0 saturated carbocycles. The molecule has 22 heavy (non-hydrogen) atoms. The van der Waals surface area contributed by atoms with Crippen LogP contribution in [0.2, 0.25) is 0 Å². The SMILES string of the molecule is COc1cc(N/N=C(\C#N)C(=N)N)ccc1N1CCCCC1. The van der Waals surface area contributed by atoms with Crippen molar-refractivity contribution in [1.29, 1.82) is 10.7 Å². The highest BCUT2D eigenvalue weighted by Crippen LogP contribution is 2.32. The van der Waals surface area contributed by atoms with E-state index in [0.717, 1.165) is 24.5 Å². The monoisotopic (exact) mass is 300 g/mol. The third kappa shape index (κ3) is 3.67. The Morgan fingerprint density at radius 1 is 1.41 bits per heavy atom. The number of nitrogens with zero attached hydrogens (tertiary/aromatic N) is 3. The molecule has 0 radical (unpaired) electrons. The van der Waals surface area contributed by atoms with E-state index < -0.39 is 0 Å². The molecule has 116 valence electrons. The van der Waals surface area contributed by atoms with Crippen molar-refractivity contribution in [3.05, 3.63) is 18.2 Å². The standard InChI is InChI=1S/C15H20N6O/c1-22-14-9-11(19-20-12(10-16)15(17)18)5-6-13(14)21-7-3-2-4-8-21/h5-6,9,19H,2-4,7-8H2,1H3,(H3,17,18)/b20-12+. The van der Waals surface area contributed by atoms with Gasteiger partial charge in [0.15, 0.2) is 5.84 Å². The Balaban J connectivity index is 2.18. The zero-order valence-corrected chi connectivity index (χ0v) is 12.6. The summed E-state index contributed by atoms with van der Waals surface area (Å²) < 4.78 is 5.46. The third-order valence-corrected chi connectivity index (χ3v) is 3.53. The van der Waals surface area contributed by atoms with Crippen LogP contribution in [0.3, 0.4) is 0 Å². The predicted octanol–water partition coefficient (Wildman–Crippen LogP) is 1.91. The summed E-state index contributed by atoms with van der Waals surface area (Å²) in [4.78, 5) is 2.31. The smallest absolute Gasteiger partial charge is 0.201 e. The maximum absolute atomic E-state index is 8.82. The average Bonchev–Trinajstić information content (AvgIpc) is 2.55. The minimum Gasteiger partial charge on any atom is -0.495 e. The quantitative estimate of drug-likeness (QED) is 0.437. The van der Waals surface area contributed by atoms with Crippen LogP contribution in [0, 0.1) is 16.7 Å². The number of nitrogens with two attached hydrogens (primary N) is 1. The van der Waals surface area contributed by atoms with Gasteiger partial charge in [-0.25, -0.2) is 0 Å². The van der Waals surface area contributed by atoms with E-state index in [1.54, 1.807) is 13.2 Å². The topological polar surface area (TPSA) is 111 Å². The van der Waals surface area contributed by atoms with E-state index >= 15 is 0 Å². The molecule has 0 amide bonds. The van der Waals surface area contributed by atoms with Crippen molar-refractivity contribution in [2.24, 2.45) is 10.8 Å². The normalized spacial score (nSPS) is 15.1.